The number of hydrogen-bond acceptors (Lipinski definition) is 9. The highest BCUT2D eigenvalue weighted by atomic mass is 19.1. The van der Waals surface area contributed by atoms with Crippen LogP contribution < -0.4 is 20.0 Å². The molecule has 5 aliphatic rings. The van der Waals surface area contributed by atoms with Gasteiger partial charge in [-0.15, -0.1) is 0 Å². The number of nitrogens with one attached hydrogen (secondary N) is 1. The van der Waals surface area contributed by atoms with Crippen LogP contribution in [0.15, 0.2) is 36.4 Å². The molecule has 1 N–H and O–H groups in total. The number of carbonyl (C=O) groups excluding carboxylic acids is 1. The molecule has 1 amide bonds. The number of amides is 1. The number of rotatable bonds is 10. The van der Waals surface area contributed by atoms with E-state index in [1.54, 1.807) is 12.1 Å². The van der Waals surface area contributed by atoms with E-state index in [1.165, 1.54) is 12.8 Å². The van der Waals surface area contributed by atoms with E-state index in [2.05, 4.69) is 34.1 Å². The SMILES string of the molecule is CN1CCC(CN(C(=O)CC2CCOCC2)c2ccc(N3CCOCC3)c(F)c2)CC1.CN1CCC(CNc2ccc(N3CCOCC3)c(F)c2)CC1. The maximum atomic E-state index is 15.1. The molecule has 0 aliphatic carbocycles. The summed E-state index contributed by atoms with van der Waals surface area (Å²) >= 11 is 0. The number of morpholine rings is 2. The molecule has 12 heteroatoms. The van der Waals surface area contributed by atoms with Crippen LogP contribution in [-0.4, -0.2) is 135 Å². The minimum absolute atomic E-state index is 0.115. The second kappa shape index (κ2) is 20.0. The minimum Gasteiger partial charge on any atom is -0.385 e. The zero-order valence-electron chi connectivity index (χ0n) is 32.1. The number of carbonyl (C=O) groups is 1. The Balaban J connectivity index is 0.000000192. The van der Waals surface area contributed by atoms with Gasteiger partial charge in [-0.3, -0.25) is 4.79 Å². The summed E-state index contributed by atoms with van der Waals surface area (Å²) in [6, 6.07) is 10.8. The second-order valence-electron chi connectivity index (χ2n) is 15.6. The lowest BCUT2D eigenvalue weighted by molar-refractivity contribution is -0.120. The Morgan fingerprint density at radius 2 is 1.17 bits per heavy atom. The zero-order valence-corrected chi connectivity index (χ0v) is 32.1. The molecule has 53 heavy (non-hydrogen) atoms. The number of ether oxygens (including phenoxy) is 3. The lowest BCUT2D eigenvalue weighted by atomic mass is 9.93. The van der Waals surface area contributed by atoms with Crippen LogP contribution in [0.5, 0.6) is 0 Å². The molecular weight excluding hydrogens is 678 g/mol. The maximum absolute atomic E-state index is 15.1. The lowest BCUT2D eigenvalue weighted by Gasteiger charge is -2.34. The van der Waals surface area contributed by atoms with Crippen molar-refractivity contribution in [3.63, 3.8) is 0 Å². The van der Waals surface area contributed by atoms with E-state index >= 15 is 4.39 Å². The topological polar surface area (TPSA) is 73.0 Å². The molecule has 0 atom stereocenters. The molecule has 5 fully saturated rings. The van der Waals surface area contributed by atoms with Gasteiger partial charge in [0, 0.05) is 70.3 Å². The first-order valence-corrected chi connectivity index (χ1v) is 20.1. The van der Waals surface area contributed by atoms with Gasteiger partial charge in [0.2, 0.25) is 5.91 Å². The Kier molecular flexibility index (Phi) is 15.0. The standard InChI is InChI=1S/C24H36FN3O3.C17H26FN3O/c1-26-8-4-20(5-9-26)18-28(24(29)16-19-6-12-30-13-7-19)21-2-3-23(22(25)17-21)27-10-14-31-15-11-27;1-20-6-4-14(5-7-20)13-19-15-2-3-17(16(18)12-15)21-8-10-22-11-9-21/h2-3,17,19-20H,4-16,18H2,1H3;2-3,12,14,19H,4-11,13H2,1H3. The summed E-state index contributed by atoms with van der Waals surface area (Å²) < 4.78 is 45.6. The van der Waals surface area contributed by atoms with E-state index in [9.17, 15) is 9.18 Å². The van der Waals surface area contributed by atoms with Crippen LogP contribution in [0.2, 0.25) is 0 Å². The van der Waals surface area contributed by atoms with Gasteiger partial charge in [-0.2, -0.15) is 0 Å². The van der Waals surface area contributed by atoms with E-state index in [4.69, 9.17) is 14.2 Å². The number of anilines is 4. The van der Waals surface area contributed by atoms with E-state index in [-0.39, 0.29) is 17.5 Å². The number of halogens is 2. The molecule has 7 rings (SSSR count). The fraction of sp³-hybridized carbons (Fsp3) is 0.683. The second-order valence-corrected chi connectivity index (χ2v) is 15.6. The predicted molar refractivity (Wildman–Crippen MR) is 208 cm³/mol. The van der Waals surface area contributed by atoms with Gasteiger partial charge in [-0.05, 0) is 133 Å². The van der Waals surface area contributed by atoms with Crippen LogP contribution in [-0.2, 0) is 19.0 Å². The third-order valence-corrected chi connectivity index (χ3v) is 11.7. The highest BCUT2D eigenvalue weighted by Gasteiger charge is 2.28. The smallest absolute Gasteiger partial charge is 0.227 e. The molecule has 5 heterocycles. The van der Waals surface area contributed by atoms with Crippen molar-refractivity contribution in [1.29, 1.82) is 0 Å². The van der Waals surface area contributed by atoms with E-state index < -0.39 is 0 Å². The third kappa shape index (κ3) is 11.7. The average molecular weight is 741 g/mol. The molecule has 5 aliphatic heterocycles. The van der Waals surface area contributed by atoms with Gasteiger partial charge in [-0.1, -0.05) is 0 Å². The van der Waals surface area contributed by atoms with Gasteiger partial charge in [-0.25, -0.2) is 8.78 Å². The Labute approximate surface area is 315 Å². The van der Waals surface area contributed by atoms with Crippen molar-refractivity contribution in [2.45, 2.75) is 44.9 Å². The molecule has 2 aromatic rings. The van der Waals surface area contributed by atoms with Gasteiger partial charge < -0.3 is 44.0 Å². The fourth-order valence-corrected chi connectivity index (χ4v) is 8.09. The monoisotopic (exact) mass is 740 g/mol. The van der Waals surface area contributed by atoms with E-state index in [0.29, 0.717) is 87.3 Å². The van der Waals surface area contributed by atoms with Crippen molar-refractivity contribution in [2.24, 2.45) is 17.8 Å². The van der Waals surface area contributed by atoms with Crippen LogP contribution in [0.25, 0.3) is 0 Å². The molecule has 5 saturated heterocycles. The van der Waals surface area contributed by atoms with Crippen LogP contribution in [0.4, 0.5) is 31.5 Å². The number of nitrogens with zero attached hydrogens (tertiary/aromatic N) is 5. The lowest BCUT2D eigenvalue weighted by Crippen LogP contribution is -2.41. The summed E-state index contributed by atoms with van der Waals surface area (Å²) in [5.74, 6) is 1.22. The van der Waals surface area contributed by atoms with Gasteiger partial charge in [0.1, 0.15) is 11.6 Å². The highest BCUT2D eigenvalue weighted by molar-refractivity contribution is 5.93. The molecule has 0 spiro atoms. The van der Waals surface area contributed by atoms with Crippen LogP contribution in [0.3, 0.4) is 0 Å². The average Bonchev–Trinajstić information content (AvgIpc) is 3.19. The molecule has 0 bridgehead atoms. The first-order chi connectivity index (χ1) is 25.8. The Morgan fingerprint density at radius 1 is 0.660 bits per heavy atom. The number of likely N-dealkylation sites (tertiary alicyclic amines) is 2. The van der Waals surface area contributed by atoms with Gasteiger partial charge >= 0.3 is 0 Å². The zero-order chi connectivity index (χ0) is 37.0. The Hall–Kier alpha value is -3.03. The largest absolute Gasteiger partial charge is 0.385 e. The summed E-state index contributed by atoms with van der Waals surface area (Å²) in [6.45, 7) is 13.0. The summed E-state index contributed by atoms with van der Waals surface area (Å²) in [5, 5.41) is 3.40. The van der Waals surface area contributed by atoms with Crippen molar-refractivity contribution < 1.29 is 27.8 Å². The highest BCUT2D eigenvalue weighted by Crippen LogP contribution is 2.30. The number of hydrogen-bond donors (Lipinski definition) is 1. The molecule has 0 aromatic heterocycles. The molecule has 10 nitrogen and oxygen atoms in total. The molecule has 0 radical (unpaired) electrons. The maximum Gasteiger partial charge on any atom is 0.227 e. The third-order valence-electron chi connectivity index (χ3n) is 11.7. The summed E-state index contributed by atoms with van der Waals surface area (Å²) in [5.41, 5.74) is 2.86. The first kappa shape index (κ1) is 39.7. The van der Waals surface area contributed by atoms with Crippen molar-refractivity contribution in [2.75, 3.05) is 139 Å². The summed E-state index contributed by atoms with van der Waals surface area (Å²) in [6.07, 6.45) is 6.96. The molecule has 0 saturated carbocycles. The molecule has 2 aromatic carbocycles. The van der Waals surface area contributed by atoms with Crippen LogP contribution >= 0.6 is 0 Å². The van der Waals surface area contributed by atoms with Gasteiger partial charge in [0.15, 0.2) is 0 Å². The number of benzene rings is 2. The predicted octanol–water partition coefficient (Wildman–Crippen LogP) is 5.57. The van der Waals surface area contributed by atoms with Crippen LogP contribution in [0.1, 0.15) is 44.9 Å². The first-order valence-electron chi connectivity index (χ1n) is 20.1. The van der Waals surface area contributed by atoms with Crippen LogP contribution in [0, 0.1) is 29.4 Å². The Morgan fingerprint density at radius 3 is 1.72 bits per heavy atom. The molecule has 294 valence electrons. The van der Waals surface area contributed by atoms with Crippen molar-refractivity contribution in [3.8, 4) is 0 Å². The van der Waals surface area contributed by atoms with Gasteiger partial charge in [0.05, 0.1) is 37.8 Å². The normalized spacial score (nSPS) is 21.6. The fourth-order valence-electron chi connectivity index (χ4n) is 8.09. The molecule has 0 unspecified atom stereocenters. The summed E-state index contributed by atoms with van der Waals surface area (Å²) in [7, 11) is 4.31. The molecular formula is C41H62F2N6O4. The van der Waals surface area contributed by atoms with Crippen molar-refractivity contribution in [3.05, 3.63) is 48.0 Å². The quantitative estimate of drug-likeness (QED) is 0.337. The van der Waals surface area contributed by atoms with E-state index in [0.717, 1.165) is 90.4 Å². The minimum atomic E-state index is -0.258. The van der Waals surface area contributed by atoms with E-state index in [1.807, 2.05) is 34.1 Å². The summed E-state index contributed by atoms with van der Waals surface area (Å²) in [4.78, 5) is 24.0. The van der Waals surface area contributed by atoms with Crippen molar-refractivity contribution in [1.82, 2.24) is 9.80 Å². The Bertz CT molecular complexity index is 1420. The number of piperidine rings is 2. The van der Waals surface area contributed by atoms with Gasteiger partial charge in [0.25, 0.3) is 0 Å². The van der Waals surface area contributed by atoms with Crippen molar-refractivity contribution >= 4 is 28.7 Å².